The number of aromatic nitrogens is 3. The molecule has 0 aromatic carbocycles. The van der Waals surface area contributed by atoms with Gasteiger partial charge in [0.05, 0.1) is 19.6 Å². The van der Waals surface area contributed by atoms with E-state index in [0.29, 0.717) is 19.3 Å². The Balaban J connectivity index is 2.69. The van der Waals surface area contributed by atoms with Crippen molar-refractivity contribution >= 4 is 17.9 Å². The summed E-state index contributed by atoms with van der Waals surface area (Å²) < 4.78 is 18.6. The zero-order valence-electron chi connectivity index (χ0n) is 44.2. The molecule has 0 aliphatic rings. The molecule has 0 atom stereocenters. The molecule has 69 heavy (non-hydrogen) atoms. The third-order valence-electron chi connectivity index (χ3n) is 12.6. The molecule has 0 spiro atoms. The van der Waals surface area contributed by atoms with Crippen LogP contribution in [-0.2, 0) is 48.2 Å². The van der Waals surface area contributed by atoms with E-state index in [1.165, 1.54) is 154 Å². The van der Waals surface area contributed by atoms with Gasteiger partial charge in [-0.05, 0) is 57.8 Å². The van der Waals surface area contributed by atoms with Crippen molar-refractivity contribution in [1.29, 1.82) is 0 Å². The minimum absolute atomic E-state index is 0.161. The standard InChI is InChI=1S/C57H99N3O9/c1-4-7-10-13-16-19-22-25-28-31-34-37-40-43-52(61)67-49-46-58-55(64)59(47-50-68-53(62)44-41-38-35-32-29-26-23-20-17-14-11-8-5-2)57(66)60(56(58)65)48-51-69-54(63)45-42-39-36-33-30-27-24-21-18-15-12-9-6-3/h34-39H,4-33,40-51H2,1-3H3/b37-34+,38-35+,39-36+. The molecule has 0 amide bonds. The molecule has 1 heterocycles. The molecule has 0 aliphatic carbocycles. The summed E-state index contributed by atoms with van der Waals surface area (Å²) in [5, 5.41) is 0. The molecule has 0 unspecified atom stereocenters. The number of rotatable bonds is 48. The van der Waals surface area contributed by atoms with E-state index < -0.39 is 35.0 Å². The Morgan fingerprint density at radius 3 is 0.754 bits per heavy atom. The predicted molar refractivity (Wildman–Crippen MR) is 283 cm³/mol. The van der Waals surface area contributed by atoms with Crippen molar-refractivity contribution in [2.24, 2.45) is 0 Å². The molecule has 0 fully saturated rings. The topological polar surface area (TPSA) is 145 Å². The van der Waals surface area contributed by atoms with Gasteiger partial charge in [-0.2, -0.15) is 0 Å². The summed E-state index contributed by atoms with van der Waals surface area (Å²) in [6.45, 7) is 5.10. The molecule has 12 heteroatoms. The second-order valence-corrected chi connectivity index (χ2v) is 18.8. The van der Waals surface area contributed by atoms with Crippen LogP contribution in [0.4, 0.5) is 0 Å². The van der Waals surface area contributed by atoms with Crippen molar-refractivity contribution < 1.29 is 28.6 Å². The first kappa shape index (κ1) is 63.1. The molecule has 12 nitrogen and oxygen atoms in total. The maximum absolute atomic E-state index is 13.5. The van der Waals surface area contributed by atoms with Crippen molar-refractivity contribution in [2.45, 2.75) is 272 Å². The third kappa shape index (κ3) is 35.7. The maximum atomic E-state index is 13.5. The van der Waals surface area contributed by atoms with Gasteiger partial charge < -0.3 is 14.2 Å². The number of hydrogen-bond acceptors (Lipinski definition) is 9. The molecule has 1 aromatic rings. The SMILES string of the molecule is CCCCCCCCCCC/C=C/CCC(=O)OCCn1c(=O)n(CCOC(=O)CC/C=C/CCCCCCCCCCC)c(=O)n(CCOC(=O)CC/C=C/CCCCCCCCCCC)c1=O. The van der Waals surface area contributed by atoms with Crippen LogP contribution in [0.5, 0.6) is 0 Å². The van der Waals surface area contributed by atoms with Gasteiger partial charge in [0.1, 0.15) is 19.8 Å². The Labute approximate surface area is 418 Å². The molecular weight excluding hydrogens is 871 g/mol. The average Bonchev–Trinajstić information content (AvgIpc) is 3.34. The van der Waals surface area contributed by atoms with Gasteiger partial charge in [-0.25, -0.2) is 28.1 Å². The summed E-state index contributed by atoms with van der Waals surface area (Å²) in [6, 6.07) is 0. The second kappa shape index (κ2) is 46.4. The van der Waals surface area contributed by atoms with Crippen molar-refractivity contribution in [2.75, 3.05) is 19.8 Å². The molecule has 1 aromatic heterocycles. The van der Waals surface area contributed by atoms with Crippen LogP contribution in [-0.4, -0.2) is 51.4 Å². The molecule has 0 saturated heterocycles. The Hall–Kier alpha value is -3.96. The van der Waals surface area contributed by atoms with Gasteiger partial charge in [-0.15, -0.1) is 0 Å². The largest absolute Gasteiger partial charge is 0.464 e. The maximum Gasteiger partial charge on any atom is 0.336 e. The number of nitrogens with zero attached hydrogens (tertiary/aromatic N) is 3. The second-order valence-electron chi connectivity index (χ2n) is 18.8. The van der Waals surface area contributed by atoms with Crippen molar-refractivity contribution in [3.05, 3.63) is 67.9 Å². The first-order valence-corrected chi connectivity index (χ1v) is 28.1. The fraction of sp³-hybridized carbons (Fsp3) is 0.789. The molecule has 0 saturated carbocycles. The van der Waals surface area contributed by atoms with Gasteiger partial charge in [0.15, 0.2) is 0 Å². The van der Waals surface area contributed by atoms with Crippen LogP contribution in [0.25, 0.3) is 0 Å². The van der Waals surface area contributed by atoms with Crippen molar-refractivity contribution in [3.8, 4) is 0 Å². The lowest BCUT2D eigenvalue weighted by molar-refractivity contribution is -0.144. The Morgan fingerprint density at radius 1 is 0.319 bits per heavy atom. The van der Waals surface area contributed by atoms with E-state index in [-0.39, 0.29) is 58.7 Å². The summed E-state index contributed by atoms with van der Waals surface area (Å²) in [5.41, 5.74) is -2.71. The summed E-state index contributed by atoms with van der Waals surface area (Å²) >= 11 is 0. The molecule has 0 radical (unpaired) electrons. The summed E-state index contributed by atoms with van der Waals surface area (Å²) in [5.74, 6) is -1.38. The lowest BCUT2D eigenvalue weighted by atomic mass is 10.1. The predicted octanol–water partition coefficient (Wildman–Crippen LogP) is 13.6. The number of hydrogen-bond donors (Lipinski definition) is 0. The highest BCUT2D eigenvalue weighted by Gasteiger charge is 2.17. The average molecular weight is 970 g/mol. The van der Waals surface area contributed by atoms with E-state index in [4.69, 9.17) is 14.2 Å². The minimum Gasteiger partial charge on any atom is -0.464 e. The lowest BCUT2D eigenvalue weighted by Gasteiger charge is -2.14. The first-order chi connectivity index (χ1) is 33.8. The quantitative estimate of drug-likeness (QED) is 0.0270. The van der Waals surface area contributed by atoms with Crippen LogP contribution in [0, 0.1) is 0 Å². The van der Waals surface area contributed by atoms with E-state index in [1.807, 2.05) is 18.2 Å². The minimum atomic E-state index is -0.904. The summed E-state index contributed by atoms with van der Waals surface area (Å²) in [6.07, 6.45) is 51.6. The first-order valence-electron chi connectivity index (χ1n) is 28.1. The number of carbonyl (C=O) groups excluding carboxylic acids is 3. The fourth-order valence-corrected chi connectivity index (χ4v) is 8.25. The van der Waals surface area contributed by atoms with E-state index in [9.17, 15) is 28.8 Å². The molecule has 0 bridgehead atoms. The molecular formula is C57H99N3O9. The van der Waals surface area contributed by atoms with Crippen molar-refractivity contribution in [1.82, 2.24) is 13.7 Å². The molecule has 396 valence electrons. The molecule has 1 rings (SSSR count). The van der Waals surface area contributed by atoms with E-state index in [0.717, 1.165) is 52.2 Å². The lowest BCUT2D eigenvalue weighted by Crippen LogP contribution is -2.55. The van der Waals surface area contributed by atoms with E-state index in [2.05, 4.69) is 39.0 Å². The highest BCUT2D eigenvalue weighted by molar-refractivity contribution is 5.70. The number of esters is 3. The van der Waals surface area contributed by atoms with E-state index >= 15 is 0 Å². The normalized spacial score (nSPS) is 11.7. The van der Waals surface area contributed by atoms with Crippen LogP contribution in [0.1, 0.15) is 252 Å². The zero-order valence-corrected chi connectivity index (χ0v) is 44.2. The zero-order chi connectivity index (χ0) is 50.3. The highest BCUT2D eigenvalue weighted by atomic mass is 16.5. The number of unbranched alkanes of at least 4 members (excludes halogenated alkanes) is 27. The van der Waals surface area contributed by atoms with Gasteiger partial charge >= 0.3 is 35.0 Å². The smallest absolute Gasteiger partial charge is 0.336 e. The van der Waals surface area contributed by atoms with Gasteiger partial charge in [0.25, 0.3) is 0 Å². The van der Waals surface area contributed by atoms with Gasteiger partial charge in [0.2, 0.25) is 0 Å². The Morgan fingerprint density at radius 2 is 0.522 bits per heavy atom. The summed E-state index contributed by atoms with van der Waals surface area (Å²) in [4.78, 5) is 78.2. The fourth-order valence-electron chi connectivity index (χ4n) is 8.25. The van der Waals surface area contributed by atoms with Gasteiger partial charge in [-0.1, -0.05) is 211 Å². The monoisotopic (exact) mass is 970 g/mol. The summed E-state index contributed by atoms with van der Waals surface area (Å²) in [7, 11) is 0. The third-order valence-corrected chi connectivity index (χ3v) is 12.6. The highest BCUT2D eigenvalue weighted by Crippen LogP contribution is 2.13. The van der Waals surface area contributed by atoms with E-state index in [1.54, 1.807) is 0 Å². The Kier molecular flexibility index (Phi) is 42.4. The number of allylic oxidation sites excluding steroid dienone is 6. The Bertz CT molecular complexity index is 1480. The van der Waals surface area contributed by atoms with Crippen LogP contribution < -0.4 is 17.1 Å². The molecule has 0 N–H and O–H groups in total. The number of ether oxygens (including phenoxy) is 3. The van der Waals surface area contributed by atoms with Gasteiger partial charge in [0, 0.05) is 19.3 Å². The van der Waals surface area contributed by atoms with Crippen LogP contribution in [0.2, 0.25) is 0 Å². The van der Waals surface area contributed by atoms with Crippen LogP contribution in [0.15, 0.2) is 50.8 Å². The number of carbonyl (C=O) groups is 3. The van der Waals surface area contributed by atoms with Crippen molar-refractivity contribution in [3.63, 3.8) is 0 Å². The van der Waals surface area contributed by atoms with Crippen LogP contribution >= 0.6 is 0 Å². The van der Waals surface area contributed by atoms with Crippen LogP contribution in [0.3, 0.4) is 0 Å². The molecule has 0 aliphatic heterocycles. The van der Waals surface area contributed by atoms with Gasteiger partial charge in [-0.3, -0.25) is 14.4 Å².